The molecular formula is C10H17F3O2Tl. The Kier molecular flexibility index (Phi) is 10.5. The molecule has 0 spiro atoms. The number of alkyl halides is 3. The molecule has 0 bridgehead atoms. The molecule has 93 valence electrons. The molecule has 0 saturated heterocycles. The van der Waals surface area contributed by atoms with Crippen LogP contribution < -0.4 is 0 Å². The van der Waals surface area contributed by atoms with Crippen LogP contribution in [0.25, 0.3) is 0 Å². The first-order chi connectivity index (χ1) is 7.15. The van der Waals surface area contributed by atoms with Crippen molar-refractivity contribution in [3.63, 3.8) is 0 Å². The molecule has 0 rings (SSSR count). The van der Waals surface area contributed by atoms with Crippen LogP contribution >= 0.6 is 0 Å². The van der Waals surface area contributed by atoms with Crippen LogP contribution in [0.2, 0.25) is 8.97 Å². The van der Waals surface area contributed by atoms with Crippen LogP contribution in [0.3, 0.4) is 0 Å². The predicted octanol–water partition coefficient (Wildman–Crippen LogP) is 2.91. The first-order valence-electron chi connectivity index (χ1n) is 5.00. The Morgan fingerprint density at radius 2 is 1.56 bits per heavy atom. The van der Waals surface area contributed by atoms with Crippen molar-refractivity contribution in [3.05, 3.63) is 0 Å². The number of Topliss-reactive ketones (excluding diaryl/α,β-unsaturated/α-hetero) is 2. The van der Waals surface area contributed by atoms with E-state index in [2.05, 4.69) is 8.97 Å². The maximum atomic E-state index is 11.6. The van der Waals surface area contributed by atoms with E-state index in [9.17, 15) is 22.8 Å². The van der Waals surface area contributed by atoms with Crippen molar-refractivity contribution in [1.29, 1.82) is 0 Å². The second kappa shape index (κ2) is 9.12. The van der Waals surface area contributed by atoms with Gasteiger partial charge >= 0.3 is 39.4 Å². The van der Waals surface area contributed by atoms with Crippen molar-refractivity contribution < 1.29 is 22.8 Å². The second-order valence-electron chi connectivity index (χ2n) is 3.81. The Hall–Kier alpha value is 0.0521. The maximum absolute atomic E-state index is 11.6. The van der Waals surface area contributed by atoms with Crippen LogP contribution in [0.15, 0.2) is 0 Å². The molecule has 0 saturated carbocycles. The van der Waals surface area contributed by atoms with Gasteiger partial charge < -0.3 is 0 Å². The summed E-state index contributed by atoms with van der Waals surface area (Å²) < 4.78 is 39.6. The summed E-state index contributed by atoms with van der Waals surface area (Å²) in [5, 5.41) is 0. The fourth-order valence-electron chi connectivity index (χ4n) is 0.807. The molecule has 0 N–H and O–H groups in total. The quantitative estimate of drug-likeness (QED) is 0.508. The van der Waals surface area contributed by atoms with Gasteiger partial charge in [0.1, 0.15) is 5.78 Å². The summed E-state index contributed by atoms with van der Waals surface area (Å²) in [6.45, 7) is 3.41. The minimum atomic E-state index is -4.88. The Balaban J connectivity index is 0. The zero-order chi connectivity index (χ0) is 13.4. The van der Waals surface area contributed by atoms with Crippen LogP contribution in [0.5, 0.6) is 0 Å². The van der Waals surface area contributed by atoms with Crippen molar-refractivity contribution in [2.24, 2.45) is 5.92 Å². The van der Waals surface area contributed by atoms with Gasteiger partial charge in [0.25, 0.3) is 0 Å². The van der Waals surface area contributed by atoms with E-state index in [-0.39, 0.29) is 36.6 Å². The number of carbonyl (C=O) groups is 2. The first kappa shape index (κ1) is 18.4. The van der Waals surface area contributed by atoms with E-state index in [1.807, 2.05) is 0 Å². The Morgan fingerprint density at radius 1 is 1.19 bits per heavy atom. The van der Waals surface area contributed by atoms with Crippen LogP contribution in [0, 0.1) is 5.92 Å². The summed E-state index contributed by atoms with van der Waals surface area (Å²) >= 11 is -0.000000000000000111. The van der Waals surface area contributed by atoms with E-state index in [1.54, 1.807) is 13.8 Å². The monoisotopic (exact) mass is 431 g/mol. The van der Waals surface area contributed by atoms with Gasteiger partial charge in [-0.2, -0.15) is 13.2 Å². The Labute approximate surface area is 106 Å². The second-order valence-corrected chi connectivity index (χ2v) is 8.30. The topological polar surface area (TPSA) is 34.1 Å². The van der Waals surface area contributed by atoms with Gasteiger partial charge in [-0.3, -0.25) is 9.59 Å². The molecule has 0 aliphatic carbocycles. The molecule has 0 aromatic heterocycles. The zero-order valence-electron chi connectivity index (χ0n) is 10.0. The Bertz CT molecular complexity index is 225. The van der Waals surface area contributed by atoms with E-state index in [0.29, 0.717) is 0 Å². The molecule has 0 atom stereocenters. The molecular weight excluding hydrogens is 413 g/mol. The van der Waals surface area contributed by atoms with Crippen molar-refractivity contribution in [2.45, 2.75) is 41.8 Å². The van der Waals surface area contributed by atoms with Crippen LogP contribution in [-0.2, 0) is 9.59 Å². The minimum absolute atomic E-state index is 0.000000000000000111. The molecule has 0 aliphatic heterocycles. The molecule has 0 unspecified atom stereocenters. The summed E-state index contributed by atoms with van der Waals surface area (Å²) in [6.07, 6.45) is -5.89. The van der Waals surface area contributed by atoms with Gasteiger partial charge in [0, 0.05) is 6.42 Å². The number of carbonyl (C=O) groups excluding carboxylic acids is 2. The summed E-state index contributed by atoms with van der Waals surface area (Å²) in [5.74, 6) is -2.64. The number of ketones is 2. The number of hydrogen-bond donors (Lipinski definition) is 0. The molecule has 2 nitrogen and oxygen atoms in total. The van der Waals surface area contributed by atoms with Gasteiger partial charge in [0.05, 0.1) is 6.42 Å². The average molecular weight is 431 g/mol. The van der Waals surface area contributed by atoms with Crippen LogP contribution in [0.4, 0.5) is 13.2 Å². The number of halogens is 3. The SMILES string of the molecule is CC(C)CC(=O)CC(=O)C(F)(F)F.[CH3][Tl][CH3]. The third-order valence-corrected chi connectivity index (χ3v) is 1.31. The molecule has 0 aliphatic rings. The fourth-order valence-corrected chi connectivity index (χ4v) is 0.807. The van der Waals surface area contributed by atoms with Crippen molar-refractivity contribution in [3.8, 4) is 0 Å². The Morgan fingerprint density at radius 3 is 1.81 bits per heavy atom. The predicted molar refractivity (Wildman–Crippen MR) is 57.6 cm³/mol. The van der Waals surface area contributed by atoms with E-state index in [1.165, 1.54) is 0 Å². The van der Waals surface area contributed by atoms with Gasteiger partial charge in [-0.05, 0) is 5.92 Å². The average Bonchev–Trinajstić information content (AvgIpc) is 2.01. The molecule has 0 amide bonds. The number of hydrogen-bond acceptors (Lipinski definition) is 2. The van der Waals surface area contributed by atoms with Gasteiger partial charge in [0.15, 0.2) is 0 Å². The van der Waals surface area contributed by atoms with Gasteiger partial charge in [0.2, 0.25) is 5.78 Å². The summed E-state index contributed by atoms with van der Waals surface area (Å²) in [4.78, 5) is 21.1. The number of rotatable bonds is 4. The molecule has 6 heteroatoms. The molecule has 0 radical (unpaired) electrons. The van der Waals surface area contributed by atoms with Crippen LogP contribution in [0.1, 0.15) is 26.7 Å². The van der Waals surface area contributed by atoms with E-state index >= 15 is 0 Å². The first-order valence-corrected chi connectivity index (χ1v) is 14.0. The van der Waals surface area contributed by atoms with Crippen molar-refractivity contribution >= 4 is 35.8 Å². The third kappa shape index (κ3) is 12.1. The van der Waals surface area contributed by atoms with Gasteiger partial charge in [-0.25, -0.2) is 0 Å². The standard InChI is InChI=1S/C8H11F3O2.2CH3.Tl/c1-5(2)3-6(12)4-7(13)8(9,10)11;;;/h5H,3-4H2,1-2H3;2*1H3;. The normalized spacial score (nSPS) is 10.2. The molecule has 0 fully saturated rings. The van der Waals surface area contributed by atoms with Gasteiger partial charge in [-0.15, -0.1) is 0 Å². The third-order valence-electron chi connectivity index (χ3n) is 1.31. The summed E-state index contributed by atoms with van der Waals surface area (Å²) in [6, 6.07) is 0. The van der Waals surface area contributed by atoms with E-state index < -0.39 is 24.2 Å². The van der Waals surface area contributed by atoms with E-state index in [4.69, 9.17) is 0 Å². The fraction of sp³-hybridized carbons (Fsp3) is 0.800. The molecule has 0 heterocycles. The molecule has 0 aromatic carbocycles. The van der Waals surface area contributed by atoms with E-state index in [0.717, 1.165) is 0 Å². The zero-order valence-corrected chi connectivity index (χ0v) is 14.5. The molecule has 16 heavy (non-hydrogen) atoms. The van der Waals surface area contributed by atoms with Crippen molar-refractivity contribution in [2.75, 3.05) is 0 Å². The summed E-state index contributed by atoms with van der Waals surface area (Å²) in [7, 11) is 0. The van der Waals surface area contributed by atoms with Gasteiger partial charge in [-0.1, -0.05) is 13.8 Å². The van der Waals surface area contributed by atoms with Crippen LogP contribution in [-0.4, -0.2) is 42.0 Å². The van der Waals surface area contributed by atoms with Crippen molar-refractivity contribution in [1.82, 2.24) is 0 Å². The summed E-state index contributed by atoms with van der Waals surface area (Å²) in [5.41, 5.74) is 0. The molecule has 0 aromatic rings.